The number of aromatic nitrogens is 6. The minimum atomic E-state index is 0.186. The average molecular weight is 456 g/mol. The third kappa shape index (κ3) is 3.14. The Balaban J connectivity index is 1.40. The van der Waals surface area contributed by atoms with Gasteiger partial charge in [0.2, 0.25) is 5.91 Å². The van der Waals surface area contributed by atoms with Crippen LogP contribution in [0.4, 0.5) is 0 Å². The van der Waals surface area contributed by atoms with Gasteiger partial charge in [0, 0.05) is 18.0 Å². The highest BCUT2D eigenvalue weighted by Crippen LogP contribution is 2.40. The van der Waals surface area contributed by atoms with Gasteiger partial charge in [-0.05, 0) is 49.5 Å². The Morgan fingerprint density at radius 1 is 1.19 bits per heavy atom. The second-order valence-corrected chi connectivity index (χ2v) is 11.0. The van der Waals surface area contributed by atoms with E-state index < -0.39 is 0 Å². The lowest BCUT2D eigenvalue weighted by molar-refractivity contribution is -0.129. The van der Waals surface area contributed by atoms with E-state index in [-0.39, 0.29) is 5.91 Å². The van der Waals surface area contributed by atoms with Crippen molar-refractivity contribution in [1.82, 2.24) is 34.1 Å². The summed E-state index contributed by atoms with van der Waals surface area (Å²) in [4.78, 5) is 21.9. The fourth-order valence-corrected chi connectivity index (χ4v) is 7.23. The Morgan fingerprint density at radius 3 is 2.87 bits per heavy atom. The van der Waals surface area contributed by atoms with Gasteiger partial charge in [0.05, 0.1) is 11.1 Å². The van der Waals surface area contributed by atoms with Crippen LogP contribution < -0.4 is 0 Å². The predicted octanol–water partition coefficient (Wildman–Crippen LogP) is 3.46. The molecule has 1 aliphatic heterocycles. The molecule has 0 bridgehead atoms. The standard InChI is InChI=1S/C21H25N7OS2/c1-12-5-7-26(8-6-12)16(29)10-30-21-25-24-20-27(21)19-17(18-22-11-23-28(18)20)14-4-3-13(2)9-15(14)31-19/h11-13H,3-10H2,1-2H3. The Hall–Kier alpha value is -2.20. The van der Waals surface area contributed by atoms with E-state index in [1.165, 1.54) is 34.0 Å². The highest BCUT2D eigenvalue weighted by molar-refractivity contribution is 7.99. The highest BCUT2D eigenvalue weighted by Gasteiger charge is 2.27. The molecule has 4 aromatic heterocycles. The molecule has 0 N–H and O–H groups in total. The number of aryl methyl sites for hydroxylation is 1. The van der Waals surface area contributed by atoms with Crippen molar-refractivity contribution in [2.75, 3.05) is 18.8 Å². The molecular weight excluding hydrogens is 430 g/mol. The summed E-state index contributed by atoms with van der Waals surface area (Å²) >= 11 is 3.30. The predicted molar refractivity (Wildman–Crippen MR) is 122 cm³/mol. The van der Waals surface area contributed by atoms with Crippen LogP contribution in [0.2, 0.25) is 0 Å². The van der Waals surface area contributed by atoms with Crippen molar-refractivity contribution in [1.29, 1.82) is 0 Å². The monoisotopic (exact) mass is 455 g/mol. The van der Waals surface area contributed by atoms with E-state index in [1.54, 1.807) is 10.8 Å². The molecule has 1 unspecified atom stereocenters. The molecule has 10 heteroatoms. The molecule has 1 atom stereocenters. The molecule has 0 saturated carbocycles. The average Bonchev–Trinajstić information content (AvgIpc) is 3.47. The van der Waals surface area contributed by atoms with Gasteiger partial charge in [-0.15, -0.1) is 21.5 Å². The van der Waals surface area contributed by atoms with Gasteiger partial charge in [-0.2, -0.15) is 9.61 Å². The van der Waals surface area contributed by atoms with Crippen molar-refractivity contribution in [2.24, 2.45) is 11.8 Å². The molecule has 6 rings (SSSR count). The number of carbonyl (C=O) groups excluding carboxylic acids is 1. The second kappa shape index (κ2) is 7.44. The number of hydrogen-bond acceptors (Lipinski definition) is 7. The van der Waals surface area contributed by atoms with Gasteiger partial charge in [-0.25, -0.2) is 9.38 Å². The molecule has 1 saturated heterocycles. The van der Waals surface area contributed by atoms with Crippen LogP contribution in [-0.2, 0) is 17.6 Å². The van der Waals surface area contributed by atoms with E-state index in [0.29, 0.717) is 23.4 Å². The molecule has 4 aromatic rings. The molecule has 5 heterocycles. The van der Waals surface area contributed by atoms with Crippen LogP contribution in [0.15, 0.2) is 11.5 Å². The quantitative estimate of drug-likeness (QED) is 0.440. The molecule has 0 spiro atoms. The summed E-state index contributed by atoms with van der Waals surface area (Å²) in [6, 6.07) is 0. The van der Waals surface area contributed by atoms with Crippen LogP contribution >= 0.6 is 23.1 Å². The zero-order valence-corrected chi connectivity index (χ0v) is 19.4. The van der Waals surface area contributed by atoms with Crippen LogP contribution in [0.1, 0.15) is 43.6 Å². The summed E-state index contributed by atoms with van der Waals surface area (Å²) in [5.74, 6) is 2.64. The van der Waals surface area contributed by atoms with Gasteiger partial charge in [0.15, 0.2) is 10.8 Å². The van der Waals surface area contributed by atoms with Crippen LogP contribution in [0.3, 0.4) is 0 Å². The normalized spacial score (nSPS) is 20.2. The highest BCUT2D eigenvalue weighted by atomic mass is 32.2. The van der Waals surface area contributed by atoms with Gasteiger partial charge >= 0.3 is 0 Å². The number of fused-ring (bicyclic) bond motifs is 8. The largest absolute Gasteiger partial charge is 0.342 e. The fraction of sp³-hybridized carbons (Fsp3) is 0.571. The summed E-state index contributed by atoms with van der Waals surface area (Å²) < 4.78 is 3.87. The fourth-order valence-electron chi connectivity index (χ4n) is 4.83. The van der Waals surface area contributed by atoms with Gasteiger partial charge < -0.3 is 4.90 Å². The number of likely N-dealkylation sites (tertiary alicyclic amines) is 1. The smallest absolute Gasteiger partial charge is 0.260 e. The van der Waals surface area contributed by atoms with Crippen LogP contribution in [-0.4, -0.2) is 58.8 Å². The number of nitrogens with zero attached hydrogens (tertiary/aromatic N) is 7. The summed E-state index contributed by atoms with van der Waals surface area (Å²) in [7, 11) is 0. The summed E-state index contributed by atoms with van der Waals surface area (Å²) in [5.41, 5.74) is 2.26. The zero-order valence-electron chi connectivity index (χ0n) is 17.7. The molecule has 1 aliphatic carbocycles. The first kappa shape index (κ1) is 19.5. The minimum absolute atomic E-state index is 0.186. The van der Waals surface area contributed by atoms with E-state index in [4.69, 9.17) is 0 Å². The van der Waals surface area contributed by atoms with E-state index >= 15 is 0 Å². The molecule has 31 heavy (non-hydrogen) atoms. The van der Waals surface area contributed by atoms with Crippen molar-refractivity contribution < 1.29 is 4.79 Å². The van der Waals surface area contributed by atoms with Crippen molar-refractivity contribution in [3.05, 3.63) is 16.8 Å². The summed E-state index contributed by atoms with van der Waals surface area (Å²) in [6.07, 6.45) is 7.15. The number of amides is 1. The maximum atomic E-state index is 12.8. The molecule has 8 nitrogen and oxygen atoms in total. The minimum Gasteiger partial charge on any atom is -0.342 e. The van der Waals surface area contributed by atoms with Crippen LogP contribution in [0.5, 0.6) is 0 Å². The SMILES string of the molecule is CC1CCN(C(=O)CSc2nnc3n4ncnc4c4c5c(sc4n23)CC(C)CC5)CC1. The number of carbonyl (C=O) groups is 1. The van der Waals surface area contributed by atoms with E-state index in [0.717, 1.165) is 54.4 Å². The van der Waals surface area contributed by atoms with E-state index in [2.05, 4.69) is 38.5 Å². The van der Waals surface area contributed by atoms with Gasteiger partial charge in [0.1, 0.15) is 11.2 Å². The van der Waals surface area contributed by atoms with Crippen molar-refractivity contribution in [2.45, 2.75) is 51.1 Å². The Kier molecular flexibility index (Phi) is 4.68. The lowest BCUT2D eigenvalue weighted by atomic mass is 9.89. The molecule has 1 amide bonds. The first-order chi connectivity index (χ1) is 15.1. The molecule has 0 aromatic carbocycles. The van der Waals surface area contributed by atoms with E-state index in [1.807, 2.05) is 16.2 Å². The maximum Gasteiger partial charge on any atom is 0.260 e. The molecule has 2 aliphatic rings. The van der Waals surface area contributed by atoms with E-state index in [9.17, 15) is 4.79 Å². The lowest BCUT2D eigenvalue weighted by Crippen LogP contribution is -2.38. The molecular formula is C21H25N7OS2. The van der Waals surface area contributed by atoms with Crippen molar-refractivity contribution >= 4 is 50.6 Å². The molecule has 1 fully saturated rings. The topological polar surface area (TPSA) is 80.7 Å². The molecule has 0 radical (unpaired) electrons. The first-order valence-electron chi connectivity index (χ1n) is 11.0. The Bertz CT molecular complexity index is 1300. The van der Waals surface area contributed by atoms with Crippen molar-refractivity contribution in [3.8, 4) is 0 Å². The second-order valence-electron chi connectivity index (χ2n) is 9.00. The van der Waals surface area contributed by atoms with Gasteiger partial charge in [-0.1, -0.05) is 25.6 Å². The third-order valence-electron chi connectivity index (χ3n) is 6.73. The number of piperidine rings is 1. The number of hydrogen-bond donors (Lipinski definition) is 0. The zero-order chi connectivity index (χ0) is 21.1. The van der Waals surface area contributed by atoms with Crippen LogP contribution in [0.25, 0.3) is 21.6 Å². The number of rotatable bonds is 3. The number of thioether (sulfide) groups is 1. The van der Waals surface area contributed by atoms with Gasteiger partial charge in [-0.3, -0.25) is 4.79 Å². The third-order valence-corrected chi connectivity index (χ3v) is 8.89. The Morgan fingerprint density at radius 2 is 2.03 bits per heavy atom. The summed E-state index contributed by atoms with van der Waals surface area (Å²) in [6.45, 7) is 6.31. The van der Waals surface area contributed by atoms with Gasteiger partial charge in [0.25, 0.3) is 5.78 Å². The maximum absolute atomic E-state index is 12.8. The lowest BCUT2D eigenvalue weighted by Gasteiger charge is -2.30. The Labute approximate surface area is 188 Å². The first-order valence-corrected chi connectivity index (χ1v) is 12.8. The summed E-state index contributed by atoms with van der Waals surface area (Å²) in [5, 5.41) is 15.2. The molecule has 162 valence electrons. The number of thiophene rings is 1. The van der Waals surface area contributed by atoms with Crippen molar-refractivity contribution in [3.63, 3.8) is 0 Å². The van der Waals surface area contributed by atoms with Crippen LogP contribution in [0, 0.1) is 11.8 Å².